The van der Waals surface area contributed by atoms with Crippen molar-refractivity contribution in [1.29, 1.82) is 0 Å². The summed E-state index contributed by atoms with van der Waals surface area (Å²) in [5.41, 5.74) is 0. The van der Waals surface area contributed by atoms with Crippen molar-refractivity contribution in [3.8, 4) is 0 Å². The van der Waals surface area contributed by atoms with Crippen molar-refractivity contribution in [2.45, 2.75) is 52.6 Å². The van der Waals surface area contributed by atoms with E-state index in [0.717, 1.165) is 12.8 Å². The van der Waals surface area contributed by atoms with E-state index in [1.165, 1.54) is 0 Å². The van der Waals surface area contributed by atoms with E-state index in [1.807, 2.05) is 20.8 Å². The quantitative estimate of drug-likeness (QED) is 0.694. The molecule has 1 aromatic heterocycles. The molecule has 1 rings (SSSR count). The number of nitrogens with zero attached hydrogens (tertiary/aromatic N) is 2. The van der Waals surface area contributed by atoms with Crippen molar-refractivity contribution < 1.29 is 9.59 Å². The number of amides is 2. The molecule has 0 fully saturated rings. The molecule has 7 heteroatoms. The number of rotatable bonds is 6. The van der Waals surface area contributed by atoms with Crippen LogP contribution >= 0.6 is 0 Å². The number of carbonyl (C=O) groups is 2. The van der Waals surface area contributed by atoms with E-state index in [4.69, 9.17) is 0 Å². The van der Waals surface area contributed by atoms with Gasteiger partial charge in [-0.2, -0.15) is 0 Å². The van der Waals surface area contributed by atoms with E-state index in [-0.39, 0.29) is 17.8 Å². The van der Waals surface area contributed by atoms with E-state index in [9.17, 15) is 9.59 Å². The maximum atomic E-state index is 11.8. The lowest BCUT2D eigenvalue weighted by molar-refractivity contribution is -0.123. The summed E-state index contributed by atoms with van der Waals surface area (Å²) >= 11 is 0. The lowest BCUT2D eigenvalue weighted by Gasteiger charge is -2.14. The molecule has 0 aliphatic rings. The van der Waals surface area contributed by atoms with E-state index in [1.54, 1.807) is 6.92 Å². The zero-order valence-corrected chi connectivity index (χ0v) is 11.8. The SMILES string of the molecule is CCCc1nc(C(=O)NC(C)C(=O)NC(C)C)n[nH]1. The third-order valence-electron chi connectivity index (χ3n) is 2.39. The van der Waals surface area contributed by atoms with Gasteiger partial charge in [-0.15, -0.1) is 5.10 Å². The average molecular weight is 267 g/mol. The Morgan fingerprint density at radius 1 is 1.26 bits per heavy atom. The molecule has 0 aromatic carbocycles. The van der Waals surface area contributed by atoms with Crippen molar-refractivity contribution >= 4 is 11.8 Å². The summed E-state index contributed by atoms with van der Waals surface area (Å²) in [6.45, 7) is 7.35. The number of hydrogen-bond acceptors (Lipinski definition) is 4. The molecule has 0 aliphatic heterocycles. The Balaban J connectivity index is 2.55. The molecular weight excluding hydrogens is 246 g/mol. The highest BCUT2D eigenvalue weighted by atomic mass is 16.2. The summed E-state index contributed by atoms with van der Waals surface area (Å²) in [5.74, 6) is 0.0530. The van der Waals surface area contributed by atoms with Crippen molar-refractivity contribution in [3.05, 3.63) is 11.6 Å². The van der Waals surface area contributed by atoms with Gasteiger partial charge in [0.1, 0.15) is 11.9 Å². The van der Waals surface area contributed by atoms with Gasteiger partial charge < -0.3 is 10.6 Å². The molecule has 1 aromatic rings. The molecule has 0 saturated carbocycles. The predicted octanol–water partition coefficient (Wildman–Crippen LogP) is 0.400. The van der Waals surface area contributed by atoms with Gasteiger partial charge in [-0.25, -0.2) is 4.98 Å². The highest BCUT2D eigenvalue weighted by Gasteiger charge is 2.19. The molecule has 1 atom stereocenters. The summed E-state index contributed by atoms with van der Waals surface area (Å²) in [4.78, 5) is 27.5. The van der Waals surface area contributed by atoms with Gasteiger partial charge in [0.2, 0.25) is 11.7 Å². The van der Waals surface area contributed by atoms with E-state index in [2.05, 4.69) is 25.8 Å². The standard InChI is InChI=1S/C12H21N5O2/c1-5-6-9-15-10(17-16-9)12(19)14-8(4)11(18)13-7(2)3/h7-8H,5-6H2,1-4H3,(H,13,18)(H,14,19)(H,15,16,17). The van der Waals surface area contributed by atoms with Crippen LogP contribution in [0.25, 0.3) is 0 Å². The van der Waals surface area contributed by atoms with E-state index >= 15 is 0 Å². The van der Waals surface area contributed by atoms with Gasteiger partial charge in [-0.3, -0.25) is 14.7 Å². The molecule has 3 N–H and O–H groups in total. The van der Waals surface area contributed by atoms with Crippen LogP contribution in [0.15, 0.2) is 0 Å². The number of carbonyl (C=O) groups excluding carboxylic acids is 2. The summed E-state index contributed by atoms with van der Waals surface area (Å²) in [6.07, 6.45) is 1.66. The summed E-state index contributed by atoms with van der Waals surface area (Å²) in [5, 5.41) is 11.8. The van der Waals surface area contributed by atoms with Crippen LogP contribution in [0, 0.1) is 0 Å². The summed E-state index contributed by atoms with van der Waals surface area (Å²) < 4.78 is 0. The first-order valence-electron chi connectivity index (χ1n) is 6.46. The van der Waals surface area contributed by atoms with Crippen LogP contribution in [-0.2, 0) is 11.2 Å². The zero-order valence-electron chi connectivity index (χ0n) is 11.8. The first-order valence-corrected chi connectivity index (χ1v) is 6.46. The number of H-pyrrole nitrogens is 1. The first kappa shape index (κ1) is 15.1. The lowest BCUT2D eigenvalue weighted by Crippen LogP contribution is -2.47. The lowest BCUT2D eigenvalue weighted by atomic mass is 10.2. The van der Waals surface area contributed by atoms with Crippen molar-refractivity contribution in [1.82, 2.24) is 25.8 Å². The minimum atomic E-state index is -0.622. The molecule has 7 nitrogen and oxygen atoms in total. The Morgan fingerprint density at radius 2 is 1.95 bits per heavy atom. The van der Waals surface area contributed by atoms with Crippen LogP contribution < -0.4 is 10.6 Å². The van der Waals surface area contributed by atoms with Crippen LogP contribution in [0.5, 0.6) is 0 Å². The van der Waals surface area contributed by atoms with Gasteiger partial charge >= 0.3 is 0 Å². The van der Waals surface area contributed by atoms with Crippen molar-refractivity contribution in [3.63, 3.8) is 0 Å². The Morgan fingerprint density at radius 3 is 2.53 bits per heavy atom. The second-order valence-electron chi connectivity index (χ2n) is 4.71. The van der Waals surface area contributed by atoms with Gasteiger partial charge in [-0.05, 0) is 27.2 Å². The molecule has 1 unspecified atom stereocenters. The fourth-order valence-electron chi connectivity index (χ4n) is 1.48. The van der Waals surface area contributed by atoms with Crippen molar-refractivity contribution in [2.75, 3.05) is 0 Å². The number of aromatic amines is 1. The van der Waals surface area contributed by atoms with Crippen LogP contribution in [0.2, 0.25) is 0 Å². The van der Waals surface area contributed by atoms with Crippen molar-refractivity contribution in [2.24, 2.45) is 0 Å². The number of hydrogen-bond donors (Lipinski definition) is 3. The van der Waals surface area contributed by atoms with Crippen LogP contribution in [-0.4, -0.2) is 39.1 Å². The minimum absolute atomic E-state index is 0.0338. The highest BCUT2D eigenvalue weighted by molar-refractivity contribution is 5.94. The van der Waals surface area contributed by atoms with E-state index < -0.39 is 11.9 Å². The van der Waals surface area contributed by atoms with Gasteiger partial charge in [0.25, 0.3) is 5.91 Å². The predicted molar refractivity (Wildman–Crippen MR) is 70.6 cm³/mol. The maximum Gasteiger partial charge on any atom is 0.291 e. The molecule has 0 aliphatic carbocycles. The van der Waals surface area contributed by atoms with Crippen LogP contribution in [0.4, 0.5) is 0 Å². The zero-order chi connectivity index (χ0) is 14.4. The molecule has 0 saturated heterocycles. The van der Waals surface area contributed by atoms with E-state index in [0.29, 0.717) is 5.82 Å². The monoisotopic (exact) mass is 267 g/mol. The minimum Gasteiger partial charge on any atom is -0.352 e. The van der Waals surface area contributed by atoms with Gasteiger partial charge in [0.15, 0.2) is 0 Å². The largest absolute Gasteiger partial charge is 0.352 e. The normalized spacial score (nSPS) is 12.3. The molecule has 0 bridgehead atoms. The summed E-state index contributed by atoms with van der Waals surface area (Å²) in [6, 6.07) is -0.588. The molecule has 106 valence electrons. The Bertz CT molecular complexity index is 441. The van der Waals surface area contributed by atoms with Crippen LogP contribution in [0.3, 0.4) is 0 Å². The fourth-order valence-corrected chi connectivity index (χ4v) is 1.48. The number of aryl methyl sites for hydroxylation is 1. The molecule has 2 amide bonds. The van der Waals surface area contributed by atoms with Gasteiger partial charge in [-0.1, -0.05) is 6.92 Å². The summed E-state index contributed by atoms with van der Waals surface area (Å²) in [7, 11) is 0. The second-order valence-corrected chi connectivity index (χ2v) is 4.71. The fraction of sp³-hybridized carbons (Fsp3) is 0.667. The number of nitrogens with one attached hydrogen (secondary N) is 3. The molecule has 0 radical (unpaired) electrons. The Kier molecular flexibility index (Phi) is 5.47. The Labute approximate surface area is 112 Å². The molecule has 19 heavy (non-hydrogen) atoms. The maximum absolute atomic E-state index is 11.8. The Hall–Kier alpha value is -1.92. The average Bonchev–Trinajstić information content (AvgIpc) is 2.77. The molecule has 0 spiro atoms. The van der Waals surface area contributed by atoms with Crippen LogP contribution in [0.1, 0.15) is 50.6 Å². The number of aromatic nitrogens is 3. The third kappa shape index (κ3) is 4.69. The first-order chi connectivity index (χ1) is 8.93. The molecule has 1 heterocycles. The van der Waals surface area contributed by atoms with Gasteiger partial charge in [0, 0.05) is 12.5 Å². The second kappa shape index (κ2) is 6.86. The van der Waals surface area contributed by atoms with Gasteiger partial charge in [0.05, 0.1) is 0 Å². The highest BCUT2D eigenvalue weighted by Crippen LogP contribution is 1.97. The topological polar surface area (TPSA) is 99.8 Å². The third-order valence-corrected chi connectivity index (χ3v) is 2.39. The smallest absolute Gasteiger partial charge is 0.291 e. The molecular formula is C12H21N5O2.